The molecule has 0 radical (unpaired) electrons. The summed E-state index contributed by atoms with van der Waals surface area (Å²) in [6.45, 7) is 4.00. The molecule has 130 valence electrons. The fourth-order valence-electron chi connectivity index (χ4n) is 3.38. The van der Waals surface area contributed by atoms with E-state index in [2.05, 4.69) is 27.8 Å². The molecule has 4 N–H and O–H groups in total. The minimum Gasteiger partial charge on any atom is -0.496 e. The zero-order valence-electron chi connectivity index (χ0n) is 14.4. The Bertz CT molecular complexity index is 642. The fraction of sp³-hybridized carbons (Fsp3) is 0.474. The number of aliphatic hydroxyl groups is 1. The maximum atomic E-state index is 10.3. The number of aromatic amines is 1. The predicted molar refractivity (Wildman–Crippen MR) is 95.0 cm³/mol. The first-order valence-corrected chi connectivity index (χ1v) is 8.49. The van der Waals surface area contributed by atoms with Crippen LogP contribution in [-0.4, -0.2) is 35.9 Å². The van der Waals surface area contributed by atoms with E-state index in [1.807, 2.05) is 37.4 Å². The highest BCUT2D eigenvalue weighted by Gasteiger charge is 2.40. The second kappa shape index (κ2) is 6.97. The van der Waals surface area contributed by atoms with Crippen molar-refractivity contribution in [1.29, 1.82) is 0 Å². The van der Waals surface area contributed by atoms with Gasteiger partial charge in [0.2, 0.25) is 0 Å². The molecule has 1 aromatic heterocycles. The van der Waals surface area contributed by atoms with E-state index in [0.29, 0.717) is 6.54 Å². The molecule has 1 aliphatic heterocycles. The molecule has 1 aromatic carbocycles. The first kappa shape index (κ1) is 17.0. The van der Waals surface area contributed by atoms with Crippen LogP contribution in [0.2, 0.25) is 0 Å². The highest BCUT2D eigenvalue weighted by molar-refractivity contribution is 5.33. The van der Waals surface area contributed by atoms with Crippen molar-refractivity contribution in [2.24, 2.45) is 0 Å². The number of β-amino-alcohol motifs (C(OH)–C–C–N with tert-alkyl or cyclic N) is 1. The van der Waals surface area contributed by atoms with Gasteiger partial charge in [0.1, 0.15) is 5.75 Å². The summed E-state index contributed by atoms with van der Waals surface area (Å²) in [5, 5.41) is 17.4. The maximum absolute atomic E-state index is 10.3. The minimum absolute atomic E-state index is 0.187. The molecule has 1 saturated heterocycles. The summed E-state index contributed by atoms with van der Waals surface area (Å²) in [7, 11) is 1.70. The monoisotopic (exact) mass is 329 g/mol. The van der Waals surface area contributed by atoms with Gasteiger partial charge in [-0.25, -0.2) is 0 Å². The number of para-hydroxylation sites is 1. The highest BCUT2D eigenvalue weighted by atomic mass is 16.5. The van der Waals surface area contributed by atoms with Gasteiger partial charge in [-0.05, 0) is 38.0 Å². The van der Waals surface area contributed by atoms with Crippen molar-refractivity contribution in [1.82, 2.24) is 15.6 Å². The number of nitrogens with one attached hydrogen (secondary N) is 3. The lowest BCUT2D eigenvalue weighted by molar-refractivity contribution is 0.00191. The summed E-state index contributed by atoms with van der Waals surface area (Å²) in [5.74, 6) is 0.901. The number of piperidine rings is 1. The van der Waals surface area contributed by atoms with Crippen LogP contribution >= 0.6 is 0 Å². The molecular formula is C19H27N3O2. The summed E-state index contributed by atoms with van der Waals surface area (Å²) >= 11 is 0. The molecule has 0 bridgehead atoms. The zero-order chi connectivity index (χ0) is 17.0. The molecule has 0 saturated carbocycles. The Morgan fingerprint density at radius 1 is 1.21 bits per heavy atom. The molecule has 0 spiro atoms. The molecule has 5 heteroatoms. The van der Waals surface area contributed by atoms with Gasteiger partial charge in [0.25, 0.3) is 0 Å². The van der Waals surface area contributed by atoms with Crippen molar-refractivity contribution in [2.75, 3.05) is 20.2 Å². The van der Waals surface area contributed by atoms with Crippen LogP contribution in [0.25, 0.3) is 0 Å². The van der Waals surface area contributed by atoms with E-state index in [-0.39, 0.29) is 5.54 Å². The number of aromatic nitrogens is 1. The molecule has 2 aromatic rings. The summed E-state index contributed by atoms with van der Waals surface area (Å²) in [6.07, 6.45) is 3.60. The van der Waals surface area contributed by atoms with Gasteiger partial charge >= 0.3 is 0 Å². The van der Waals surface area contributed by atoms with Crippen LogP contribution in [0.5, 0.6) is 5.75 Å². The van der Waals surface area contributed by atoms with Gasteiger partial charge in [-0.2, -0.15) is 0 Å². The van der Waals surface area contributed by atoms with Crippen molar-refractivity contribution in [3.63, 3.8) is 0 Å². The van der Waals surface area contributed by atoms with E-state index in [1.54, 1.807) is 7.11 Å². The maximum Gasteiger partial charge on any atom is 0.123 e. The highest BCUT2D eigenvalue weighted by Crippen LogP contribution is 2.32. The molecule has 0 unspecified atom stereocenters. The Morgan fingerprint density at radius 2 is 2.04 bits per heavy atom. The van der Waals surface area contributed by atoms with E-state index < -0.39 is 5.60 Å². The molecule has 2 atom stereocenters. The average molecular weight is 329 g/mol. The average Bonchev–Trinajstić information content (AvgIpc) is 3.12. The summed E-state index contributed by atoms with van der Waals surface area (Å²) < 4.78 is 5.42. The van der Waals surface area contributed by atoms with Crippen LogP contribution in [0.1, 0.15) is 31.0 Å². The Labute approximate surface area is 143 Å². The first-order valence-electron chi connectivity index (χ1n) is 8.49. The number of H-pyrrole nitrogens is 1. The molecule has 3 rings (SSSR count). The largest absolute Gasteiger partial charge is 0.496 e. The number of ether oxygens (including phenoxy) is 1. The van der Waals surface area contributed by atoms with Gasteiger partial charge in [0, 0.05) is 37.1 Å². The third kappa shape index (κ3) is 3.64. The van der Waals surface area contributed by atoms with E-state index in [0.717, 1.165) is 42.9 Å². The Morgan fingerprint density at radius 3 is 2.71 bits per heavy atom. The van der Waals surface area contributed by atoms with Crippen molar-refractivity contribution in [3.05, 3.63) is 53.9 Å². The third-order valence-electron chi connectivity index (χ3n) is 4.95. The van der Waals surface area contributed by atoms with Gasteiger partial charge in [-0.3, -0.25) is 0 Å². The number of hydrogen-bond acceptors (Lipinski definition) is 4. The fourth-order valence-corrected chi connectivity index (χ4v) is 3.38. The van der Waals surface area contributed by atoms with Crippen molar-refractivity contribution >= 4 is 0 Å². The Hall–Kier alpha value is -1.82. The molecule has 24 heavy (non-hydrogen) atoms. The molecular weight excluding hydrogens is 302 g/mol. The third-order valence-corrected chi connectivity index (χ3v) is 4.95. The van der Waals surface area contributed by atoms with Crippen LogP contribution in [0.3, 0.4) is 0 Å². The Kier molecular flexibility index (Phi) is 4.94. The smallest absolute Gasteiger partial charge is 0.123 e. The molecule has 5 nitrogen and oxygen atoms in total. The SMILES string of the molecule is COc1ccccc1CNC[C@]1(c2ccc[nH]2)CC[C@](C)(O)CN1. The van der Waals surface area contributed by atoms with Gasteiger partial charge < -0.3 is 25.5 Å². The first-order chi connectivity index (χ1) is 11.5. The van der Waals surface area contributed by atoms with Gasteiger partial charge in [0.05, 0.1) is 18.2 Å². The lowest BCUT2D eigenvalue weighted by Gasteiger charge is -2.43. The zero-order valence-corrected chi connectivity index (χ0v) is 14.4. The van der Waals surface area contributed by atoms with E-state index in [4.69, 9.17) is 4.74 Å². The normalized spacial score (nSPS) is 27.1. The topological polar surface area (TPSA) is 69.3 Å². The number of benzene rings is 1. The molecule has 0 amide bonds. The summed E-state index contributed by atoms with van der Waals surface area (Å²) in [4.78, 5) is 3.34. The van der Waals surface area contributed by atoms with Gasteiger partial charge in [0.15, 0.2) is 0 Å². The van der Waals surface area contributed by atoms with E-state index in [1.165, 1.54) is 0 Å². The van der Waals surface area contributed by atoms with Gasteiger partial charge in [-0.15, -0.1) is 0 Å². The standard InChI is InChI=1S/C19H27N3O2/c1-18(23)9-10-19(22-13-18,17-8-5-11-21-17)14-20-12-15-6-3-4-7-16(15)24-2/h3-8,11,20-23H,9-10,12-14H2,1-2H3/t18-,19-/m0/s1. The number of rotatable bonds is 6. The number of methoxy groups -OCH3 is 1. The van der Waals surface area contributed by atoms with Crippen LogP contribution in [0.15, 0.2) is 42.6 Å². The summed E-state index contributed by atoms with van der Waals surface area (Å²) in [6, 6.07) is 12.2. The number of hydrogen-bond donors (Lipinski definition) is 4. The van der Waals surface area contributed by atoms with Crippen LogP contribution in [0.4, 0.5) is 0 Å². The molecule has 0 aliphatic carbocycles. The van der Waals surface area contributed by atoms with Crippen LogP contribution < -0.4 is 15.4 Å². The van der Waals surface area contributed by atoms with Crippen molar-refractivity contribution in [3.8, 4) is 5.75 Å². The molecule has 1 aliphatic rings. The molecule has 1 fully saturated rings. The lowest BCUT2D eigenvalue weighted by atomic mass is 9.80. The van der Waals surface area contributed by atoms with Gasteiger partial charge in [-0.1, -0.05) is 18.2 Å². The van der Waals surface area contributed by atoms with E-state index in [9.17, 15) is 5.11 Å². The van der Waals surface area contributed by atoms with E-state index >= 15 is 0 Å². The summed E-state index contributed by atoms with van der Waals surface area (Å²) in [5.41, 5.74) is 1.47. The second-order valence-electron chi connectivity index (χ2n) is 6.93. The minimum atomic E-state index is -0.640. The van der Waals surface area contributed by atoms with Crippen molar-refractivity contribution < 1.29 is 9.84 Å². The predicted octanol–water partition coefficient (Wildman–Crippen LogP) is 2.14. The van der Waals surface area contributed by atoms with Crippen LogP contribution in [-0.2, 0) is 12.1 Å². The van der Waals surface area contributed by atoms with Crippen molar-refractivity contribution in [2.45, 2.75) is 37.5 Å². The lowest BCUT2D eigenvalue weighted by Crippen LogP contribution is -2.59. The quantitative estimate of drug-likeness (QED) is 0.655. The molecule has 2 heterocycles. The van der Waals surface area contributed by atoms with Crippen LogP contribution in [0, 0.1) is 0 Å². The second-order valence-corrected chi connectivity index (χ2v) is 6.93. The Balaban J connectivity index is 1.69.